The molecule has 86 valence electrons. The molecule has 0 spiro atoms. The first-order valence-electron chi connectivity index (χ1n) is 4.82. The van der Waals surface area contributed by atoms with Gasteiger partial charge in [-0.25, -0.2) is 9.86 Å². The molecule has 0 bridgehead atoms. The van der Waals surface area contributed by atoms with Crippen LogP contribution < -0.4 is 5.73 Å². The van der Waals surface area contributed by atoms with Gasteiger partial charge < -0.3 is 10.5 Å². The normalized spacial score (nSPS) is 18.5. The quantitative estimate of drug-likeness (QED) is 0.693. The standard InChI is InChI=1S/C9H16N2O4/c1-11(14-2)7(12)9(15-8(10)13)5-3-4-6-9/h3-6H2,1-2H3,(H2,10,13). The molecule has 1 rings (SSSR count). The molecule has 1 aliphatic rings. The van der Waals surface area contributed by atoms with E-state index in [2.05, 4.69) is 0 Å². The van der Waals surface area contributed by atoms with Crippen LogP contribution in [-0.2, 0) is 14.4 Å². The number of ether oxygens (including phenoxy) is 1. The Morgan fingerprint density at radius 1 is 1.33 bits per heavy atom. The number of likely N-dealkylation sites (N-methyl/N-ethyl adjacent to an activating group) is 1. The van der Waals surface area contributed by atoms with Crippen LogP contribution in [0.15, 0.2) is 0 Å². The third-order valence-electron chi connectivity index (χ3n) is 2.66. The van der Waals surface area contributed by atoms with Crippen molar-refractivity contribution >= 4 is 12.0 Å². The van der Waals surface area contributed by atoms with Crippen LogP contribution in [0.3, 0.4) is 0 Å². The number of nitrogens with zero attached hydrogens (tertiary/aromatic N) is 1. The molecule has 0 aromatic carbocycles. The highest BCUT2D eigenvalue weighted by atomic mass is 16.7. The minimum atomic E-state index is -1.11. The van der Waals surface area contributed by atoms with Crippen molar-refractivity contribution in [1.29, 1.82) is 0 Å². The van der Waals surface area contributed by atoms with Crippen LogP contribution in [-0.4, -0.2) is 36.8 Å². The minimum absolute atomic E-state index is 0.360. The van der Waals surface area contributed by atoms with E-state index in [1.807, 2.05) is 0 Å². The lowest BCUT2D eigenvalue weighted by atomic mass is 10.0. The lowest BCUT2D eigenvalue weighted by molar-refractivity contribution is -0.187. The zero-order chi connectivity index (χ0) is 11.5. The van der Waals surface area contributed by atoms with Crippen LogP contribution in [0.1, 0.15) is 25.7 Å². The third kappa shape index (κ3) is 2.38. The van der Waals surface area contributed by atoms with Gasteiger partial charge in [-0.15, -0.1) is 0 Å². The zero-order valence-electron chi connectivity index (χ0n) is 8.99. The average molecular weight is 216 g/mol. The summed E-state index contributed by atoms with van der Waals surface area (Å²) in [6, 6.07) is 0. The summed E-state index contributed by atoms with van der Waals surface area (Å²) in [4.78, 5) is 27.4. The molecule has 0 heterocycles. The molecule has 2 amide bonds. The molecule has 6 heteroatoms. The highest BCUT2D eigenvalue weighted by Crippen LogP contribution is 2.34. The van der Waals surface area contributed by atoms with E-state index >= 15 is 0 Å². The van der Waals surface area contributed by atoms with Gasteiger partial charge in [-0.2, -0.15) is 0 Å². The van der Waals surface area contributed by atoms with Crippen LogP contribution >= 0.6 is 0 Å². The maximum atomic E-state index is 11.9. The molecule has 1 fully saturated rings. The van der Waals surface area contributed by atoms with Gasteiger partial charge in [0, 0.05) is 7.05 Å². The number of hydroxylamine groups is 2. The largest absolute Gasteiger partial charge is 0.433 e. The zero-order valence-corrected chi connectivity index (χ0v) is 8.99. The van der Waals surface area contributed by atoms with Crippen LogP contribution in [0.2, 0.25) is 0 Å². The first kappa shape index (κ1) is 11.8. The monoisotopic (exact) mass is 216 g/mol. The first-order valence-corrected chi connectivity index (χ1v) is 4.82. The lowest BCUT2D eigenvalue weighted by Gasteiger charge is -2.29. The number of carbonyl (C=O) groups excluding carboxylic acids is 2. The van der Waals surface area contributed by atoms with Crippen LogP contribution in [0.25, 0.3) is 0 Å². The summed E-state index contributed by atoms with van der Waals surface area (Å²) in [6.07, 6.45) is 1.77. The predicted octanol–water partition coefficient (Wildman–Crippen LogP) is 0.414. The molecule has 6 nitrogen and oxygen atoms in total. The summed E-state index contributed by atoms with van der Waals surface area (Å²) >= 11 is 0. The Morgan fingerprint density at radius 2 is 1.87 bits per heavy atom. The van der Waals surface area contributed by atoms with Gasteiger partial charge in [0.2, 0.25) is 0 Å². The Hall–Kier alpha value is -1.30. The summed E-state index contributed by atoms with van der Waals surface area (Å²) in [6.45, 7) is 0. The fourth-order valence-corrected chi connectivity index (χ4v) is 1.87. The van der Waals surface area contributed by atoms with E-state index in [1.165, 1.54) is 14.2 Å². The fraction of sp³-hybridized carbons (Fsp3) is 0.778. The van der Waals surface area contributed by atoms with Crippen molar-refractivity contribution < 1.29 is 19.2 Å². The van der Waals surface area contributed by atoms with Gasteiger partial charge in [-0.1, -0.05) is 0 Å². The number of hydrogen-bond donors (Lipinski definition) is 1. The van der Waals surface area contributed by atoms with Gasteiger partial charge >= 0.3 is 6.09 Å². The van der Waals surface area contributed by atoms with Gasteiger partial charge in [0.05, 0.1) is 7.11 Å². The second kappa shape index (κ2) is 4.48. The van der Waals surface area contributed by atoms with Crippen molar-refractivity contribution in [3.63, 3.8) is 0 Å². The molecule has 15 heavy (non-hydrogen) atoms. The maximum Gasteiger partial charge on any atom is 0.405 e. The molecule has 0 atom stereocenters. The van der Waals surface area contributed by atoms with E-state index in [-0.39, 0.29) is 5.91 Å². The molecule has 2 N–H and O–H groups in total. The van der Waals surface area contributed by atoms with Crippen LogP contribution in [0.5, 0.6) is 0 Å². The summed E-state index contributed by atoms with van der Waals surface area (Å²) in [7, 11) is 2.86. The Bertz CT molecular complexity index is 261. The topological polar surface area (TPSA) is 81.9 Å². The SMILES string of the molecule is CON(C)C(=O)C1(OC(N)=O)CCCC1. The average Bonchev–Trinajstić information content (AvgIpc) is 2.64. The van der Waals surface area contributed by atoms with Crippen molar-refractivity contribution in [3.05, 3.63) is 0 Å². The van der Waals surface area contributed by atoms with E-state index in [0.717, 1.165) is 17.9 Å². The summed E-state index contributed by atoms with van der Waals surface area (Å²) < 4.78 is 4.95. The second-order valence-electron chi connectivity index (χ2n) is 3.61. The van der Waals surface area contributed by atoms with Crippen molar-refractivity contribution in [2.24, 2.45) is 5.73 Å². The number of hydrogen-bond acceptors (Lipinski definition) is 4. The molecule has 0 radical (unpaired) electrons. The molecule has 1 aliphatic carbocycles. The highest BCUT2D eigenvalue weighted by molar-refractivity contribution is 5.86. The molecule has 1 saturated carbocycles. The second-order valence-corrected chi connectivity index (χ2v) is 3.61. The maximum absolute atomic E-state index is 11.9. The Morgan fingerprint density at radius 3 is 2.27 bits per heavy atom. The van der Waals surface area contributed by atoms with Gasteiger partial charge in [0.1, 0.15) is 0 Å². The van der Waals surface area contributed by atoms with E-state index < -0.39 is 11.7 Å². The Balaban J connectivity index is 2.81. The Kier molecular flexibility index (Phi) is 3.52. The minimum Gasteiger partial charge on any atom is -0.433 e. The van der Waals surface area contributed by atoms with Crippen molar-refractivity contribution in [2.45, 2.75) is 31.3 Å². The summed E-state index contributed by atoms with van der Waals surface area (Å²) in [5.41, 5.74) is 3.85. The summed E-state index contributed by atoms with van der Waals surface area (Å²) in [5.74, 6) is -0.360. The van der Waals surface area contributed by atoms with Gasteiger partial charge in [-0.05, 0) is 25.7 Å². The fourth-order valence-electron chi connectivity index (χ4n) is 1.87. The van der Waals surface area contributed by atoms with E-state index in [4.69, 9.17) is 15.3 Å². The number of nitrogens with two attached hydrogens (primary N) is 1. The molecule has 0 aromatic rings. The van der Waals surface area contributed by atoms with Crippen molar-refractivity contribution in [2.75, 3.05) is 14.2 Å². The van der Waals surface area contributed by atoms with Gasteiger partial charge in [0.25, 0.3) is 5.91 Å². The Labute approximate surface area is 88.3 Å². The number of rotatable bonds is 3. The smallest absolute Gasteiger partial charge is 0.405 e. The van der Waals surface area contributed by atoms with Crippen molar-refractivity contribution in [1.82, 2.24) is 5.06 Å². The van der Waals surface area contributed by atoms with Crippen molar-refractivity contribution in [3.8, 4) is 0 Å². The molecule has 0 saturated heterocycles. The van der Waals surface area contributed by atoms with E-state index in [0.29, 0.717) is 12.8 Å². The number of carbonyl (C=O) groups is 2. The van der Waals surface area contributed by atoms with Gasteiger partial charge in [-0.3, -0.25) is 9.63 Å². The van der Waals surface area contributed by atoms with E-state index in [1.54, 1.807) is 0 Å². The third-order valence-corrected chi connectivity index (χ3v) is 2.66. The molecule has 0 aromatic heterocycles. The summed E-state index contributed by atoms with van der Waals surface area (Å²) in [5, 5.41) is 1.06. The van der Waals surface area contributed by atoms with Crippen LogP contribution in [0.4, 0.5) is 4.79 Å². The van der Waals surface area contributed by atoms with Crippen LogP contribution in [0, 0.1) is 0 Å². The first-order chi connectivity index (χ1) is 7.02. The predicted molar refractivity (Wildman–Crippen MR) is 51.6 cm³/mol. The molecular formula is C9H16N2O4. The lowest BCUT2D eigenvalue weighted by Crippen LogP contribution is -2.49. The highest BCUT2D eigenvalue weighted by Gasteiger charge is 2.46. The van der Waals surface area contributed by atoms with E-state index in [9.17, 15) is 9.59 Å². The van der Waals surface area contributed by atoms with Gasteiger partial charge in [0.15, 0.2) is 5.60 Å². The molecular weight excluding hydrogens is 200 g/mol. The molecule has 0 aliphatic heterocycles. The number of amides is 2. The number of primary amides is 1. The molecule has 0 unspecified atom stereocenters.